The van der Waals surface area contributed by atoms with E-state index in [9.17, 15) is 9.59 Å². The van der Waals surface area contributed by atoms with Crippen LogP contribution in [-0.2, 0) is 23.8 Å². The molecule has 6 nitrogen and oxygen atoms in total. The van der Waals surface area contributed by atoms with Crippen molar-refractivity contribution < 1.29 is 23.8 Å². The minimum absolute atomic E-state index is 0.155. The van der Waals surface area contributed by atoms with Gasteiger partial charge in [-0.3, -0.25) is 9.59 Å². The Bertz CT molecular complexity index is 878. The lowest BCUT2D eigenvalue weighted by Gasteiger charge is -2.19. The molecule has 0 radical (unpaired) electrons. The summed E-state index contributed by atoms with van der Waals surface area (Å²) in [5.74, 6) is -0.335. The summed E-state index contributed by atoms with van der Waals surface area (Å²) in [6, 6.07) is 0. The minimum Gasteiger partial charge on any atom is -0.463 e. The van der Waals surface area contributed by atoms with Gasteiger partial charge in [0.25, 0.3) is 0 Å². The van der Waals surface area contributed by atoms with E-state index < -0.39 is 0 Å². The largest absolute Gasteiger partial charge is 0.463 e. The summed E-state index contributed by atoms with van der Waals surface area (Å²) in [6.07, 6.45) is 47.0. The summed E-state index contributed by atoms with van der Waals surface area (Å²) in [5, 5.41) is 0. The summed E-state index contributed by atoms with van der Waals surface area (Å²) in [4.78, 5) is 26.5. The quantitative estimate of drug-likeness (QED) is 0.0360. The van der Waals surface area contributed by atoms with Gasteiger partial charge in [-0.2, -0.15) is 0 Å². The SMILES string of the molecule is CCCCCC=CCC=CCCCCCCCC(=O)OCCOCC(CCCCCCCC/C=C\C/C=C\CCCCC)OC(=O)CCN(C)C. The van der Waals surface area contributed by atoms with Gasteiger partial charge in [-0.05, 0) is 97.6 Å². The van der Waals surface area contributed by atoms with Crippen LogP contribution in [0.3, 0.4) is 0 Å². The number of carbonyl (C=O) groups excluding carboxylic acids is 2. The molecule has 0 aliphatic carbocycles. The Balaban J connectivity index is 3.97. The van der Waals surface area contributed by atoms with Crippen molar-refractivity contribution in [2.24, 2.45) is 0 Å². The van der Waals surface area contributed by atoms with Crippen LogP contribution in [0.4, 0.5) is 0 Å². The van der Waals surface area contributed by atoms with Crippen molar-refractivity contribution in [1.29, 1.82) is 0 Å². The van der Waals surface area contributed by atoms with Gasteiger partial charge in [-0.15, -0.1) is 0 Å². The molecule has 0 rings (SSSR count). The van der Waals surface area contributed by atoms with E-state index >= 15 is 0 Å². The molecule has 0 heterocycles. The Morgan fingerprint density at radius 1 is 0.529 bits per heavy atom. The molecule has 6 heteroatoms. The van der Waals surface area contributed by atoms with Gasteiger partial charge in [0.1, 0.15) is 12.7 Å². The van der Waals surface area contributed by atoms with Gasteiger partial charge in [-0.1, -0.05) is 133 Å². The molecule has 1 atom stereocenters. The molecule has 1 unspecified atom stereocenters. The predicted octanol–water partition coefficient (Wildman–Crippen LogP) is 12.4. The Kier molecular flexibility index (Phi) is 38.9. The summed E-state index contributed by atoms with van der Waals surface area (Å²) in [5.41, 5.74) is 0. The number of rotatable bonds is 38. The zero-order valence-electron chi connectivity index (χ0n) is 33.9. The number of ether oxygens (including phenoxy) is 3. The standard InChI is InChI=1S/C45H81NO5/c1-5-7-9-11-13-15-17-19-21-23-24-26-28-30-32-34-36-43(51-45(48)38-39-46(3)4)42-49-40-41-50-44(47)37-35-33-31-29-27-25-22-20-18-16-14-12-10-8-6-2/h13-16,19-22,43H,5-12,17-18,23-42H2,1-4H3/b15-13-,16-14?,21-19-,22-20?. The van der Waals surface area contributed by atoms with Crippen molar-refractivity contribution in [2.45, 2.75) is 187 Å². The van der Waals surface area contributed by atoms with Gasteiger partial charge in [0.15, 0.2) is 0 Å². The fourth-order valence-electron chi connectivity index (χ4n) is 5.68. The maximum absolute atomic E-state index is 12.4. The molecule has 0 aromatic carbocycles. The smallest absolute Gasteiger partial charge is 0.307 e. The number of allylic oxidation sites excluding steroid dienone is 8. The summed E-state index contributed by atoms with van der Waals surface area (Å²) < 4.78 is 17.0. The van der Waals surface area contributed by atoms with Gasteiger partial charge in [0, 0.05) is 13.0 Å². The fourth-order valence-corrected chi connectivity index (χ4v) is 5.68. The zero-order valence-corrected chi connectivity index (χ0v) is 33.9. The molecule has 0 fully saturated rings. The van der Waals surface area contributed by atoms with E-state index in [0.29, 0.717) is 32.6 Å². The van der Waals surface area contributed by atoms with E-state index in [4.69, 9.17) is 14.2 Å². The van der Waals surface area contributed by atoms with E-state index in [0.717, 1.165) is 64.2 Å². The van der Waals surface area contributed by atoms with Crippen LogP contribution < -0.4 is 0 Å². The zero-order chi connectivity index (χ0) is 37.3. The van der Waals surface area contributed by atoms with Gasteiger partial charge in [0.2, 0.25) is 0 Å². The van der Waals surface area contributed by atoms with Crippen LogP contribution in [0.15, 0.2) is 48.6 Å². The highest BCUT2D eigenvalue weighted by molar-refractivity contribution is 5.70. The van der Waals surface area contributed by atoms with Gasteiger partial charge in [0.05, 0.1) is 19.6 Å². The molecule has 0 aliphatic rings. The molecule has 0 spiro atoms. The van der Waals surface area contributed by atoms with Crippen molar-refractivity contribution in [3.05, 3.63) is 48.6 Å². The van der Waals surface area contributed by atoms with Gasteiger partial charge >= 0.3 is 11.9 Å². The minimum atomic E-state index is -0.256. The van der Waals surface area contributed by atoms with Crippen LogP contribution in [0.1, 0.15) is 181 Å². The lowest BCUT2D eigenvalue weighted by Crippen LogP contribution is -2.26. The molecule has 0 aromatic heterocycles. The number of carbonyl (C=O) groups is 2. The van der Waals surface area contributed by atoms with Crippen LogP contribution in [-0.4, -0.2) is 63.4 Å². The van der Waals surface area contributed by atoms with Gasteiger partial charge in [-0.25, -0.2) is 0 Å². The highest BCUT2D eigenvalue weighted by atomic mass is 16.6. The van der Waals surface area contributed by atoms with Crippen LogP contribution >= 0.6 is 0 Å². The number of unbranched alkanes of at least 4 members (excludes halogenated alkanes) is 17. The molecule has 0 bridgehead atoms. The number of hydrogen-bond acceptors (Lipinski definition) is 6. The second-order valence-corrected chi connectivity index (χ2v) is 14.3. The summed E-state index contributed by atoms with van der Waals surface area (Å²) in [7, 11) is 3.91. The molecule has 0 saturated heterocycles. The van der Waals surface area contributed by atoms with Crippen LogP contribution in [0, 0.1) is 0 Å². The Morgan fingerprint density at radius 2 is 1.00 bits per heavy atom. The van der Waals surface area contributed by atoms with E-state index in [2.05, 4.69) is 62.5 Å². The molecule has 296 valence electrons. The van der Waals surface area contributed by atoms with Crippen molar-refractivity contribution in [3.63, 3.8) is 0 Å². The van der Waals surface area contributed by atoms with Gasteiger partial charge < -0.3 is 19.1 Å². The average Bonchev–Trinajstić information content (AvgIpc) is 3.11. The van der Waals surface area contributed by atoms with Crippen molar-refractivity contribution in [3.8, 4) is 0 Å². The maximum atomic E-state index is 12.4. The van der Waals surface area contributed by atoms with E-state index in [-0.39, 0.29) is 24.6 Å². The first-order valence-electron chi connectivity index (χ1n) is 21.2. The van der Waals surface area contributed by atoms with Crippen LogP contribution in [0.25, 0.3) is 0 Å². The molecule has 0 aliphatic heterocycles. The third kappa shape index (κ3) is 40.4. The van der Waals surface area contributed by atoms with Crippen molar-refractivity contribution in [1.82, 2.24) is 4.90 Å². The normalized spacial score (nSPS) is 12.7. The second-order valence-electron chi connectivity index (χ2n) is 14.3. The molecule has 0 aromatic rings. The lowest BCUT2D eigenvalue weighted by atomic mass is 10.1. The first-order chi connectivity index (χ1) is 25.0. The molecule has 0 saturated carbocycles. The first kappa shape index (κ1) is 48.8. The highest BCUT2D eigenvalue weighted by Crippen LogP contribution is 2.14. The average molecular weight is 716 g/mol. The summed E-state index contributed by atoms with van der Waals surface area (Å²) in [6.45, 7) is 6.07. The molecular formula is C45H81NO5. The fraction of sp³-hybridized carbons (Fsp3) is 0.778. The molecule has 51 heavy (non-hydrogen) atoms. The number of nitrogens with zero attached hydrogens (tertiary/aromatic N) is 1. The van der Waals surface area contributed by atoms with Crippen molar-refractivity contribution >= 4 is 11.9 Å². The van der Waals surface area contributed by atoms with E-state index in [1.807, 2.05) is 19.0 Å². The monoisotopic (exact) mass is 716 g/mol. The third-order valence-electron chi connectivity index (χ3n) is 8.91. The Hall–Kier alpha value is -2.18. The lowest BCUT2D eigenvalue weighted by molar-refractivity contribution is -0.153. The third-order valence-corrected chi connectivity index (χ3v) is 8.91. The first-order valence-corrected chi connectivity index (χ1v) is 21.2. The summed E-state index contributed by atoms with van der Waals surface area (Å²) >= 11 is 0. The molecular weight excluding hydrogens is 634 g/mol. The highest BCUT2D eigenvalue weighted by Gasteiger charge is 2.15. The predicted molar refractivity (Wildman–Crippen MR) is 218 cm³/mol. The van der Waals surface area contributed by atoms with Crippen molar-refractivity contribution in [2.75, 3.05) is 40.5 Å². The topological polar surface area (TPSA) is 65.1 Å². The molecule has 0 N–H and O–H groups in total. The Morgan fingerprint density at radius 3 is 1.51 bits per heavy atom. The van der Waals surface area contributed by atoms with Crippen LogP contribution in [0.5, 0.6) is 0 Å². The Labute approximate surface area is 315 Å². The number of hydrogen-bond donors (Lipinski definition) is 0. The number of esters is 2. The van der Waals surface area contributed by atoms with E-state index in [1.165, 1.54) is 89.9 Å². The van der Waals surface area contributed by atoms with E-state index in [1.54, 1.807) is 0 Å². The molecule has 0 amide bonds. The maximum Gasteiger partial charge on any atom is 0.307 e. The van der Waals surface area contributed by atoms with Crippen LogP contribution in [0.2, 0.25) is 0 Å². The second kappa shape index (κ2) is 40.6.